The Morgan fingerprint density at radius 1 is 1.16 bits per heavy atom. The number of hydrogen-bond donors (Lipinski definition) is 0. The van der Waals surface area contributed by atoms with Crippen molar-refractivity contribution in [3.8, 4) is 6.07 Å². The van der Waals surface area contributed by atoms with E-state index in [1.165, 1.54) is 0 Å². The van der Waals surface area contributed by atoms with Gasteiger partial charge in [0.15, 0.2) is 0 Å². The summed E-state index contributed by atoms with van der Waals surface area (Å²) < 4.78 is 0. The van der Waals surface area contributed by atoms with Gasteiger partial charge >= 0.3 is 0 Å². The molecule has 2 amide bonds. The number of carbonyl (C=O) groups is 2. The molecule has 0 aliphatic carbocycles. The highest BCUT2D eigenvalue weighted by molar-refractivity contribution is 6.23. The quantitative estimate of drug-likeness (QED) is 0.781. The Morgan fingerprint density at radius 2 is 1.63 bits per heavy atom. The van der Waals surface area contributed by atoms with Crippen LogP contribution in [0.2, 0.25) is 0 Å². The highest BCUT2D eigenvalue weighted by Gasteiger charge is 2.41. The smallest absolute Gasteiger partial charge is 0.262 e. The van der Waals surface area contributed by atoms with Gasteiger partial charge in [0.05, 0.1) is 17.2 Å². The van der Waals surface area contributed by atoms with Gasteiger partial charge in [0.2, 0.25) is 0 Å². The zero-order chi connectivity index (χ0) is 14.2. The first-order chi connectivity index (χ1) is 9.02. The lowest BCUT2D eigenvalue weighted by Gasteiger charge is -2.19. The third kappa shape index (κ3) is 1.91. The lowest BCUT2D eigenvalue weighted by atomic mass is 9.99. The summed E-state index contributed by atoms with van der Waals surface area (Å²) in [5, 5.41) is 9.17. The predicted molar refractivity (Wildman–Crippen MR) is 70.7 cm³/mol. The molecular formula is C15H16N2O2. The van der Waals surface area contributed by atoms with Crippen LogP contribution in [0.1, 0.15) is 51.6 Å². The number of hydrogen-bond acceptors (Lipinski definition) is 3. The second-order valence-corrected chi connectivity index (χ2v) is 4.86. The highest BCUT2D eigenvalue weighted by Crippen LogP contribution is 2.30. The van der Waals surface area contributed by atoms with E-state index < -0.39 is 6.04 Å². The van der Waals surface area contributed by atoms with E-state index in [4.69, 9.17) is 0 Å². The van der Waals surface area contributed by atoms with Crippen molar-refractivity contribution in [2.45, 2.75) is 39.7 Å². The summed E-state index contributed by atoms with van der Waals surface area (Å²) in [6.45, 7) is 5.56. The Balaban J connectivity index is 2.54. The Labute approximate surface area is 112 Å². The van der Waals surface area contributed by atoms with Crippen molar-refractivity contribution in [1.29, 1.82) is 5.26 Å². The molecule has 4 heteroatoms. The number of nitriles is 1. The first-order valence-electron chi connectivity index (χ1n) is 6.40. The lowest BCUT2D eigenvalue weighted by molar-refractivity contribution is 0.0613. The van der Waals surface area contributed by atoms with Gasteiger partial charge in [-0.3, -0.25) is 14.5 Å². The van der Waals surface area contributed by atoms with Crippen molar-refractivity contribution < 1.29 is 9.59 Å². The van der Waals surface area contributed by atoms with Crippen LogP contribution >= 0.6 is 0 Å². The van der Waals surface area contributed by atoms with Gasteiger partial charge in [-0.05, 0) is 31.4 Å². The second-order valence-electron chi connectivity index (χ2n) is 4.86. The van der Waals surface area contributed by atoms with Crippen LogP contribution in [0.25, 0.3) is 0 Å². The zero-order valence-corrected chi connectivity index (χ0v) is 11.4. The molecule has 0 bridgehead atoms. The molecular weight excluding hydrogens is 240 g/mol. The first-order valence-corrected chi connectivity index (χ1v) is 6.40. The number of benzene rings is 1. The average Bonchev–Trinajstić information content (AvgIpc) is 2.65. The molecule has 1 heterocycles. The fourth-order valence-corrected chi connectivity index (χ4v) is 2.50. The van der Waals surface area contributed by atoms with E-state index in [1.54, 1.807) is 0 Å². The Bertz CT molecular complexity index is 558. The summed E-state index contributed by atoms with van der Waals surface area (Å²) in [5.74, 6) is -0.664. The van der Waals surface area contributed by atoms with Crippen LogP contribution in [0.15, 0.2) is 12.1 Å². The minimum Gasteiger partial charge on any atom is -0.269 e. The zero-order valence-electron chi connectivity index (χ0n) is 11.4. The minimum atomic E-state index is -0.670. The summed E-state index contributed by atoms with van der Waals surface area (Å²) in [6.07, 6.45) is 1.27. The fraction of sp³-hybridized carbons (Fsp3) is 0.400. The number of aryl methyl sites for hydroxylation is 2. The minimum absolute atomic E-state index is 0.332. The Morgan fingerprint density at radius 3 is 2.00 bits per heavy atom. The van der Waals surface area contributed by atoms with Crippen LogP contribution in [0.5, 0.6) is 0 Å². The topological polar surface area (TPSA) is 61.2 Å². The van der Waals surface area contributed by atoms with E-state index in [9.17, 15) is 14.9 Å². The van der Waals surface area contributed by atoms with E-state index in [-0.39, 0.29) is 11.8 Å². The maximum atomic E-state index is 12.4. The van der Waals surface area contributed by atoms with Crippen LogP contribution < -0.4 is 0 Å². The van der Waals surface area contributed by atoms with Gasteiger partial charge < -0.3 is 0 Å². The van der Waals surface area contributed by atoms with Crippen molar-refractivity contribution in [3.63, 3.8) is 0 Å². The molecule has 19 heavy (non-hydrogen) atoms. The summed E-state index contributed by atoms with van der Waals surface area (Å²) in [4.78, 5) is 25.9. The number of amides is 2. The third-order valence-corrected chi connectivity index (χ3v) is 3.51. The standard InChI is InChI=1S/C15H16N2O2/c1-4-5-11(8-16)17-14(18)12-9(2)6-7-10(3)13(12)15(17)19/h6-7,11H,4-5H2,1-3H3. The molecule has 1 unspecified atom stereocenters. The summed E-state index contributed by atoms with van der Waals surface area (Å²) >= 11 is 0. The number of fused-ring (bicyclic) bond motifs is 1. The van der Waals surface area contributed by atoms with Crippen LogP contribution in [0.3, 0.4) is 0 Å². The summed E-state index contributed by atoms with van der Waals surface area (Å²) in [6, 6.07) is 5.07. The van der Waals surface area contributed by atoms with Crippen LogP contribution in [0.4, 0.5) is 0 Å². The van der Waals surface area contributed by atoms with Crippen LogP contribution in [-0.4, -0.2) is 22.8 Å². The maximum Gasteiger partial charge on any atom is 0.262 e. The molecule has 0 radical (unpaired) electrons. The summed E-state index contributed by atoms with van der Waals surface area (Å²) in [7, 11) is 0. The van der Waals surface area contributed by atoms with E-state index in [2.05, 4.69) is 6.07 Å². The van der Waals surface area contributed by atoms with Crippen molar-refractivity contribution in [1.82, 2.24) is 4.90 Å². The average molecular weight is 256 g/mol. The number of nitrogens with zero attached hydrogens (tertiary/aromatic N) is 2. The lowest BCUT2D eigenvalue weighted by Crippen LogP contribution is -2.39. The Kier molecular flexibility index (Phi) is 3.39. The fourth-order valence-electron chi connectivity index (χ4n) is 2.50. The monoisotopic (exact) mass is 256 g/mol. The molecule has 0 aromatic heterocycles. The van der Waals surface area contributed by atoms with E-state index in [0.717, 1.165) is 22.4 Å². The van der Waals surface area contributed by atoms with Gasteiger partial charge in [-0.15, -0.1) is 0 Å². The molecule has 1 aliphatic rings. The van der Waals surface area contributed by atoms with Gasteiger partial charge in [0.1, 0.15) is 6.04 Å². The Hall–Kier alpha value is -2.15. The molecule has 1 aromatic rings. The SMILES string of the molecule is CCCC(C#N)N1C(=O)c2c(C)ccc(C)c2C1=O. The first kappa shape index (κ1) is 13.3. The number of carbonyl (C=O) groups excluding carboxylic acids is 2. The van der Waals surface area contributed by atoms with Gasteiger partial charge in [0.25, 0.3) is 11.8 Å². The largest absolute Gasteiger partial charge is 0.269 e. The molecule has 0 spiro atoms. The number of rotatable bonds is 3. The third-order valence-electron chi connectivity index (χ3n) is 3.51. The molecule has 0 saturated carbocycles. The number of imide groups is 1. The molecule has 0 N–H and O–H groups in total. The van der Waals surface area contributed by atoms with Crippen molar-refractivity contribution in [3.05, 3.63) is 34.4 Å². The van der Waals surface area contributed by atoms with Gasteiger partial charge in [-0.1, -0.05) is 25.5 Å². The molecule has 0 fully saturated rings. The molecule has 1 atom stereocenters. The summed E-state index contributed by atoms with van der Waals surface area (Å²) in [5.41, 5.74) is 2.49. The van der Waals surface area contributed by atoms with E-state index >= 15 is 0 Å². The molecule has 2 rings (SSSR count). The molecule has 1 aromatic carbocycles. The van der Waals surface area contributed by atoms with Crippen LogP contribution in [-0.2, 0) is 0 Å². The van der Waals surface area contributed by atoms with Crippen molar-refractivity contribution >= 4 is 11.8 Å². The predicted octanol–water partition coefficient (Wildman–Crippen LogP) is 2.59. The van der Waals surface area contributed by atoms with E-state index in [1.807, 2.05) is 32.9 Å². The van der Waals surface area contributed by atoms with Crippen LogP contribution in [0, 0.1) is 25.2 Å². The molecule has 0 saturated heterocycles. The molecule has 1 aliphatic heterocycles. The highest BCUT2D eigenvalue weighted by atomic mass is 16.2. The van der Waals surface area contributed by atoms with Crippen molar-refractivity contribution in [2.24, 2.45) is 0 Å². The normalized spacial score (nSPS) is 15.4. The van der Waals surface area contributed by atoms with Crippen molar-refractivity contribution in [2.75, 3.05) is 0 Å². The van der Waals surface area contributed by atoms with Gasteiger partial charge in [-0.25, -0.2) is 0 Å². The van der Waals surface area contributed by atoms with Gasteiger partial charge in [0, 0.05) is 0 Å². The maximum absolute atomic E-state index is 12.4. The van der Waals surface area contributed by atoms with Gasteiger partial charge in [-0.2, -0.15) is 5.26 Å². The molecule has 98 valence electrons. The van der Waals surface area contributed by atoms with E-state index in [0.29, 0.717) is 17.5 Å². The second kappa shape index (κ2) is 4.85. The molecule has 4 nitrogen and oxygen atoms in total.